The maximum Gasteiger partial charge on any atom is 0.239 e. The van der Waals surface area contributed by atoms with Gasteiger partial charge in [-0.25, -0.2) is 0 Å². The van der Waals surface area contributed by atoms with E-state index in [0.717, 1.165) is 108 Å². The summed E-state index contributed by atoms with van der Waals surface area (Å²) in [6, 6.07) is 28.5. The summed E-state index contributed by atoms with van der Waals surface area (Å²) in [5, 5.41) is 27.6. The van der Waals surface area contributed by atoms with Crippen molar-refractivity contribution in [2.45, 2.75) is 171 Å². The molecule has 2 aliphatic heterocycles. The van der Waals surface area contributed by atoms with Crippen molar-refractivity contribution in [1.82, 2.24) is 4.90 Å². The number of unbranched alkanes of at least 4 members (excludes halogenated alkanes) is 10. The normalized spacial score (nSPS) is 23.8. The number of thioether (sulfide) groups is 1. The van der Waals surface area contributed by atoms with E-state index < -0.39 is 24.0 Å². The molecule has 1 amide bonds. The average molecular weight is 1020 g/mol. The Morgan fingerprint density at radius 1 is 0.863 bits per heavy atom. The molecule has 1 saturated carbocycles. The Labute approximate surface area is 439 Å². The molecule has 7 atom stereocenters. The number of aliphatic hydroxyl groups excluding tert-OH is 2. The number of amides is 1. The lowest BCUT2D eigenvalue weighted by Crippen LogP contribution is -2.70. The van der Waals surface area contributed by atoms with Gasteiger partial charge in [-0.2, -0.15) is 0 Å². The van der Waals surface area contributed by atoms with Crippen molar-refractivity contribution in [3.8, 4) is 17.2 Å². The van der Waals surface area contributed by atoms with Crippen LogP contribution in [0.25, 0.3) is 10.8 Å². The fraction of sp³-hybridized carbons (Fsp3) is 0.548. The van der Waals surface area contributed by atoms with Gasteiger partial charge in [0.2, 0.25) is 18.0 Å². The standard InChI is InChI=1S/C62H82N2O8S/c1-4-6-7-8-9-10-11-12-13-29-58(67)64(44-47-26-22-25-45-23-14-15-27-51(45)47)57-43-55(63-72-59-30-18-21-40-68-59)53-41-46(24-16-19-37-65)52(28-17-20-38-66)60-54-42-49(70-48-31-34-50(73-3)35-32-48)33-36-56(54)71-62(57,61(53)60)69-39-5-2/h5,14-15,22-23,25-27,31-36,41-42,46,52,57,59-61,65-66H,2,4,6-13,16-21,24,28-30,37-40,43-44H2,1,3H3/t46-,52+,57-,59?,60+,61+,62+/m0/s1. The first-order valence-electron chi connectivity index (χ1n) is 27.8. The van der Waals surface area contributed by atoms with E-state index in [1.165, 1.54) is 38.5 Å². The number of allylic oxidation sites excluding steroid dienone is 1. The molecule has 394 valence electrons. The molecule has 2 heterocycles. The van der Waals surface area contributed by atoms with E-state index >= 15 is 4.79 Å². The van der Waals surface area contributed by atoms with Crippen LogP contribution in [0.1, 0.15) is 152 Å². The average Bonchev–Trinajstić information content (AvgIpc) is 3.42. The van der Waals surface area contributed by atoms with Crippen LogP contribution < -0.4 is 9.47 Å². The third kappa shape index (κ3) is 13.6. The minimum atomic E-state index is -1.38. The Hall–Kier alpha value is -4.65. The van der Waals surface area contributed by atoms with E-state index in [4.69, 9.17) is 28.9 Å². The summed E-state index contributed by atoms with van der Waals surface area (Å²) in [5.74, 6) is 0.390. The smallest absolute Gasteiger partial charge is 0.239 e. The summed E-state index contributed by atoms with van der Waals surface area (Å²) in [6.45, 7) is 7.82. The molecule has 0 aromatic heterocycles. The number of ether oxygens (including phenoxy) is 4. The van der Waals surface area contributed by atoms with Gasteiger partial charge in [-0.15, -0.1) is 18.3 Å². The predicted molar refractivity (Wildman–Crippen MR) is 294 cm³/mol. The molecule has 0 bridgehead atoms. The van der Waals surface area contributed by atoms with Gasteiger partial charge in [-0.3, -0.25) is 4.79 Å². The molecular formula is C62H82N2O8S. The summed E-state index contributed by atoms with van der Waals surface area (Å²) in [6.07, 6.45) is 24.4. The molecule has 4 aromatic carbocycles. The third-order valence-electron chi connectivity index (χ3n) is 15.8. The summed E-state index contributed by atoms with van der Waals surface area (Å²) in [4.78, 5) is 25.3. The Kier molecular flexibility index (Phi) is 20.8. The number of fused-ring (bicyclic) bond motifs is 3. The monoisotopic (exact) mass is 1010 g/mol. The first kappa shape index (κ1) is 54.6. The van der Waals surface area contributed by atoms with E-state index in [-0.39, 0.29) is 43.5 Å². The van der Waals surface area contributed by atoms with Crippen LogP contribution >= 0.6 is 11.8 Å². The molecule has 0 spiro atoms. The van der Waals surface area contributed by atoms with Gasteiger partial charge in [-0.05, 0) is 127 Å². The summed E-state index contributed by atoms with van der Waals surface area (Å²) >= 11 is 1.69. The van der Waals surface area contributed by atoms with E-state index in [0.29, 0.717) is 50.3 Å². The van der Waals surface area contributed by atoms with Crippen LogP contribution in [0.2, 0.25) is 0 Å². The third-order valence-corrected chi connectivity index (χ3v) is 16.5. The van der Waals surface area contributed by atoms with Crippen molar-refractivity contribution in [2.24, 2.45) is 22.9 Å². The zero-order valence-corrected chi connectivity index (χ0v) is 44.5. The van der Waals surface area contributed by atoms with Crippen molar-refractivity contribution >= 4 is 34.2 Å². The van der Waals surface area contributed by atoms with E-state index in [9.17, 15) is 10.2 Å². The summed E-state index contributed by atoms with van der Waals surface area (Å²) < 4.78 is 27.8. The first-order chi connectivity index (χ1) is 35.9. The van der Waals surface area contributed by atoms with Gasteiger partial charge < -0.3 is 38.9 Å². The van der Waals surface area contributed by atoms with E-state index in [1.54, 1.807) is 17.8 Å². The highest BCUT2D eigenvalue weighted by Gasteiger charge is 2.65. The number of benzene rings is 4. The highest BCUT2D eigenvalue weighted by atomic mass is 32.2. The molecule has 4 aliphatic rings. The molecule has 2 fully saturated rings. The predicted octanol–water partition coefficient (Wildman–Crippen LogP) is 14.5. The second-order valence-electron chi connectivity index (χ2n) is 20.7. The second kappa shape index (κ2) is 27.8. The van der Waals surface area contributed by atoms with Crippen LogP contribution in [0.3, 0.4) is 0 Å². The molecule has 1 unspecified atom stereocenters. The van der Waals surface area contributed by atoms with Gasteiger partial charge in [0.1, 0.15) is 23.3 Å². The van der Waals surface area contributed by atoms with Gasteiger partial charge >= 0.3 is 0 Å². The van der Waals surface area contributed by atoms with Crippen LogP contribution in [0.4, 0.5) is 0 Å². The minimum absolute atomic E-state index is 0.0603. The molecule has 73 heavy (non-hydrogen) atoms. The largest absolute Gasteiger partial charge is 0.459 e. The number of oxime groups is 1. The fourth-order valence-corrected chi connectivity index (χ4v) is 12.5. The number of rotatable bonds is 29. The van der Waals surface area contributed by atoms with Crippen LogP contribution in [0, 0.1) is 17.8 Å². The number of aliphatic hydroxyl groups is 2. The van der Waals surface area contributed by atoms with Crippen LogP contribution in [0.5, 0.6) is 17.2 Å². The molecule has 8 rings (SSSR count). The van der Waals surface area contributed by atoms with E-state index in [2.05, 4.69) is 91.4 Å². The van der Waals surface area contributed by atoms with Crippen molar-refractivity contribution in [3.63, 3.8) is 0 Å². The molecule has 4 aromatic rings. The first-order valence-corrected chi connectivity index (χ1v) is 29.1. The van der Waals surface area contributed by atoms with Crippen LogP contribution in [-0.2, 0) is 25.7 Å². The Balaban J connectivity index is 1.28. The highest BCUT2D eigenvalue weighted by molar-refractivity contribution is 7.98. The highest BCUT2D eigenvalue weighted by Crippen LogP contribution is 2.62. The maximum absolute atomic E-state index is 15.6. The zero-order chi connectivity index (χ0) is 50.8. The Morgan fingerprint density at radius 2 is 1.60 bits per heavy atom. The number of carbonyl (C=O) groups excluding carboxylic acids is 1. The number of hydrogen-bond donors (Lipinski definition) is 2. The molecule has 10 nitrogen and oxygen atoms in total. The molecule has 1 saturated heterocycles. The van der Waals surface area contributed by atoms with Gasteiger partial charge in [-0.1, -0.05) is 131 Å². The minimum Gasteiger partial charge on any atom is -0.459 e. The molecule has 11 heteroatoms. The lowest BCUT2D eigenvalue weighted by atomic mass is 9.55. The molecular weight excluding hydrogens is 933 g/mol. The molecule has 2 N–H and O–H groups in total. The van der Waals surface area contributed by atoms with Gasteiger partial charge in [0.25, 0.3) is 0 Å². The zero-order valence-electron chi connectivity index (χ0n) is 43.7. The second-order valence-corrected chi connectivity index (χ2v) is 21.6. The van der Waals surface area contributed by atoms with Gasteiger partial charge in [0.05, 0.1) is 24.8 Å². The quantitative estimate of drug-likeness (QED) is 0.0237. The fourth-order valence-electron chi connectivity index (χ4n) is 12.1. The van der Waals surface area contributed by atoms with Crippen molar-refractivity contribution in [1.29, 1.82) is 0 Å². The topological polar surface area (TPSA) is 119 Å². The number of carbonyl (C=O) groups is 1. The maximum atomic E-state index is 15.6. The van der Waals surface area contributed by atoms with Crippen molar-refractivity contribution in [2.75, 3.05) is 32.7 Å². The summed E-state index contributed by atoms with van der Waals surface area (Å²) in [7, 11) is 0. The summed E-state index contributed by atoms with van der Waals surface area (Å²) in [5.41, 5.74) is 3.86. The lowest BCUT2D eigenvalue weighted by molar-refractivity contribution is -0.258. The Bertz CT molecular complexity index is 2430. The van der Waals surface area contributed by atoms with Gasteiger partial charge in [0, 0.05) is 55.4 Å². The van der Waals surface area contributed by atoms with E-state index in [1.807, 2.05) is 24.3 Å². The number of hydrogen-bond acceptors (Lipinski definition) is 10. The van der Waals surface area contributed by atoms with Gasteiger partial charge in [0.15, 0.2) is 0 Å². The molecule has 2 aliphatic carbocycles. The van der Waals surface area contributed by atoms with Crippen molar-refractivity contribution in [3.05, 3.63) is 120 Å². The number of nitrogens with zero attached hydrogens (tertiary/aromatic N) is 2. The van der Waals surface area contributed by atoms with Crippen LogP contribution in [-0.4, -0.2) is 77.5 Å². The Morgan fingerprint density at radius 3 is 2.34 bits per heavy atom. The molecule has 0 radical (unpaired) electrons. The SMILES string of the molecule is C=CCO[C@@]12Oc3ccc(Oc4ccc(SC)cc4)cc3[C@H]3[C@H](CCCCO)[C@@H](CCCCO)C=C(C(=NOC4CCCCO4)C[C@@H]1N(Cc1cccc4ccccc14)C(=O)CCCCCCCCCCC)[C@H]32. The lowest BCUT2D eigenvalue weighted by Gasteiger charge is -2.60. The van der Waals surface area contributed by atoms with Crippen molar-refractivity contribution < 1.29 is 38.8 Å². The van der Waals surface area contributed by atoms with Crippen LogP contribution in [0.15, 0.2) is 119 Å².